The second-order valence-corrected chi connectivity index (χ2v) is 5.35. The van der Waals surface area contributed by atoms with E-state index in [1.54, 1.807) is 9.47 Å². The molecule has 0 aromatic carbocycles. The molecule has 0 radical (unpaired) electrons. The zero-order chi connectivity index (χ0) is 16.6. The molecular formula is C12H16N8O3. The van der Waals surface area contributed by atoms with Crippen LogP contribution in [0.4, 0.5) is 5.82 Å². The largest absolute Gasteiger partial charge is 0.394 e. The molecule has 3 rings (SSSR count). The third kappa shape index (κ3) is 2.45. The SMILES string of the molecule is CN(C)c1ncnc2c1ncn2C1OC(CO)C(N=[N+]=[N-])C1O. The average molecular weight is 320 g/mol. The molecule has 3 heterocycles. The van der Waals surface area contributed by atoms with Crippen LogP contribution >= 0.6 is 0 Å². The lowest BCUT2D eigenvalue weighted by Gasteiger charge is -2.17. The van der Waals surface area contributed by atoms with Crippen LogP contribution in [0.2, 0.25) is 0 Å². The Bertz CT molecular complexity index is 756. The van der Waals surface area contributed by atoms with Gasteiger partial charge in [-0.2, -0.15) is 0 Å². The Kier molecular flexibility index (Phi) is 4.01. The highest BCUT2D eigenvalue weighted by Gasteiger charge is 2.44. The highest BCUT2D eigenvalue weighted by Crippen LogP contribution is 2.33. The van der Waals surface area contributed by atoms with Gasteiger partial charge in [0.05, 0.1) is 25.1 Å². The molecule has 1 aliphatic rings. The summed E-state index contributed by atoms with van der Waals surface area (Å²) in [5, 5.41) is 23.3. The lowest BCUT2D eigenvalue weighted by molar-refractivity contribution is -0.0488. The van der Waals surface area contributed by atoms with E-state index in [2.05, 4.69) is 25.0 Å². The number of nitrogens with zero attached hydrogens (tertiary/aromatic N) is 8. The lowest BCUT2D eigenvalue weighted by atomic mass is 10.1. The molecule has 0 aliphatic carbocycles. The third-order valence-electron chi connectivity index (χ3n) is 3.74. The molecule has 1 saturated heterocycles. The van der Waals surface area contributed by atoms with Crippen LogP contribution in [0.3, 0.4) is 0 Å². The van der Waals surface area contributed by atoms with E-state index in [0.717, 1.165) is 0 Å². The molecule has 0 amide bonds. The first-order valence-corrected chi connectivity index (χ1v) is 6.92. The molecule has 23 heavy (non-hydrogen) atoms. The summed E-state index contributed by atoms with van der Waals surface area (Å²) < 4.78 is 7.17. The topological polar surface area (TPSA) is 145 Å². The molecule has 2 aromatic rings. The van der Waals surface area contributed by atoms with Gasteiger partial charge in [0.15, 0.2) is 23.2 Å². The molecule has 11 heteroatoms. The summed E-state index contributed by atoms with van der Waals surface area (Å²) in [7, 11) is 3.67. The normalized spacial score (nSPS) is 27.1. The van der Waals surface area contributed by atoms with Crippen molar-refractivity contribution in [2.45, 2.75) is 24.5 Å². The lowest BCUT2D eigenvalue weighted by Crippen LogP contribution is -2.31. The Labute approximate surface area is 130 Å². The van der Waals surface area contributed by atoms with Gasteiger partial charge in [-0.25, -0.2) is 15.0 Å². The number of fused-ring (bicyclic) bond motifs is 1. The smallest absolute Gasteiger partial charge is 0.167 e. The van der Waals surface area contributed by atoms with Crippen molar-refractivity contribution >= 4 is 17.0 Å². The van der Waals surface area contributed by atoms with E-state index in [1.807, 2.05) is 14.1 Å². The quantitative estimate of drug-likeness (QED) is 0.451. The van der Waals surface area contributed by atoms with E-state index < -0.39 is 24.5 Å². The number of hydrogen-bond donors (Lipinski definition) is 2. The van der Waals surface area contributed by atoms with E-state index in [-0.39, 0.29) is 6.61 Å². The fourth-order valence-corrected chi connectivity index (χ4v) is 2.67. The van der Waals surface area contributed by atoms with Crippen molar-refractivity contribution in [3.63, 3.8) is 0 Å². The van der Waals surface area contributed by atoms with Crippen molar-refractivity contribution in [3.05, 3.63) is 23.1 Å². The minimum Gasteiger partial charge on any atom is -0.394 e. The van der Waals surface area contributed by atoms with Crippen LogP contribution in [0.1, 0.15) is 6.23 Å². The van der Waals surface area contributed by atoms with Crippen molar-refractivity contribution in [1.29, 1.82) is 0 Å². The maximum absolute atomic E-state index is 10.4. The molecule has 11 nitrogen and oxygen atoms in total. The number of aliphatic hydroxyl groups excluding tert-OH is 2. The number of anilines is 1. The van der Waals surface area contributed by atoms with Crippen molar-refractivity contribution in [1.82, 2.24) is 19.5 Å². The molecule has 2 aromatic heterocycles. The van der Waals surface area contributed by atoms with Gasteiger partial charge in [-0.15, -0.1) is 0 Å². The summed E-state index contributed by atoms with van der Waals surface area (Å²) in [6.07, 6.45) is 0.0907. The maximum atomic E-state index is 10.4. The fourth-order valence-electron chi connectivity index (χ4n) is 2.67. The van der Waals surface area contributed by atoms with Crippen molar-refractivity contribution in [2.75, 3.05) is 25.6 Å². The second kappa shape index (κ2) is 5.97. The fraction of sp³-hybridized carbons (Fsp3) is 0.583. The van der Waals surface area contributed by atoms with Crippen LogP contribution in [0.5, 0.6) is 0 Å². The Morgan fingerprint density at radius 1 is 1.43 bits per heavy atom. The first-order valence-electron chi connectivity index (χ1n) is 6.92. The highest BCUT2D eigenvalue weighted by molar-refractivity contribution is 5.83. The number of aromatic nitrogens is 4. The van der Waals surface area contributed by atoms with E-state index >= 15 is 0 Å². The first kappa shape index (κ1) is 15.4. The molecule has 0 spiro atoms. The number of azide groups is 1. The Morgan fingerprint density at radius 3 is 2.87 bits per heavy atom. The first-order chi connectivity index (χ1) is 11.1. The van der Waals surface area contributed by atoms with Crippen LogP contribution in [0, 0.1) is 0 Å². The van der Waals surface area contributed by atoms with Gasteiger partial charge in [0.2, 0.25) is 0 Å². The van der Waals surface area contributed by atoms with Crippen molar-refractivity contribution in [3.8, 4) is 0 Å². The molecular weight excluding hydrogens is 304 g/mol. The second-order valence-electron chi connectivity index (χ2n) is 5.35. The summed E-state index contributed by atoms with van der Waals surface area (Å²) in [5.74, 6) is 0.631. The summed E-state index contributed by atoms with van der Waals surface area (Å²) in [6.45, 7) is -0.373. The van der Waals surface area contributed by atoms with Gasteiger partial charge < -0.3 is 19.8 Å². The van der Waals surface area contributed by atoms with Crippen LogP contribution < -0.4 is 4.90 Å². The standard InChI is InChI=1S/C12H16N8O3/c1-19(2)10-8-11(15-4-14-10)20(5-16-8)12-9(22)7(17-18-13)6(3-21)23-12/h4-7,9,12,21-22H,3H2,1-2H3. The molecule has 4 atom stereocenters. The zero-order valence-electron chi connectivity index (χ0n) is 12.6. The number of imidazole rings is 1. The molecule has 1 aliphatic heterocycles. The minimum absolute atomic E-state index is 0.373. The predicted octanol–water partition coefficient (Wildman–Crippen LogP) is -0.178. The Balaban J connectivity index is 2.04. The maximum Gasteiger partial charge on any atom is 0.167 e. The Morgan fingerprint density at radius 2 is 2.22 bits per heavy atom. The van der Waals surface area contributed by atoms with Crippen LogP contribution in [-0.2, 0) is 4.74 Å². The zero-order valence-corrected chi connectivity index (χ0v) is 12.6. The van der Waals surface area contributed by atoms with Crippen molar-refractivity contribution < 1.29 is 14.9 Å². The van der Waals surface area contributed by atoms with Crippen molar-refractivity contribution in [2.24, 2.45) is 5.11 Å². The summed E-state index contributed by atoms with van der Waals surface area (Å²) in [5.41, 5.74) is 9.64. The molecule has 0 bridgehead atoms. The Hall–Kier alpha value is -2.46. The average Bonchev–Trinajstić information content (AvgIpc) is 3.09. The molecule has 1 fully saturated rings. The number of rotatable bonds is 4. The number of ether oxygens (including phenoxy) is 1. The van der Waals surface area contributed by atoms with Gasteiger partial charge in [0.1, 0.15) is 12.4 Å². The van der Waals surface area contributed by atoms with E-state index in [0.29, 0.717) is 17.0 Å². The molecule has 122 valence electrons. The van der Waals surface area contributed by atoms with E-state index in [9.17, 15) is 10.2 Å². The molecule has 4 unspecified atom stereocenters. The van der Waals surface area contributed by atoms with Gasteiger partial charge in [0.25, 0.3) is 0 Å². The van der Waals surface area contributed by atoms with Gasteiger partial charge in [-0.3, -0.25) is 4.57 Å². The molecule has 2 N–H and O–H groups in total. The van der Waals surface area contributed by atoms with Gasteiger partial charge in [-0.05, 0) is 5.53 Å². The number of hydrogen-bond acceptors (Lipinski definition) is 8. The summed E-state index contributed by atoms with van der Waals surface area (Å²) >= 11 is 0. The predicted molar refractivity (Wildman–Crippen MR) is 79.6 cm³/mol. The number of aliphatic hydroxyl groups is 2. The van der Waals surface area contributed by atoms with Crippen LogP contribution in [-0.4, -0.2) is 68.7 Å². The van der Waals surface area contributed by atoms with Gasteiger partial charge in [0, 0.05) is 19.0 Å². The van der Waals surface area contributed by atoms with Crippen LogP contribution in [0.15, 0.2) is 17.8 Å². The van der Waals surface area contributed by atoms with Gasteiger partial charge >= 0.3 is 0 Å². The third-order valence-corrected chi connectivity index (χ3v) is 3.74. The van der Waals surface area contributed by atoms with E-state index in [1.165, 1.54) is 12.7 Å². The molecule has 0 saturated carbocycles. The minimum atomic E-state index is -1.13. The van der Waals surface area contributed by atoms with Gasteiger partial charge in [-0.1, -0.05) is 5.11 Å². The monoisotopic (exact) mass is 320 g/mol. The van der Waals surface area contributed by atoms with E-state index in [4.69, 9.17) is 10.3 Å². The van der Waals surface area contributed by atoms with Crippen LogP contribution in [0.25, 0.3) is 21.6 Å². The highest BCUT2D eigenvalue weighted by atomic mass is 16.5. The summed E-state index contributed by atoms with van der Waals surface area (Å²) in [4.78, 5) is 17.1. The summed E-state index contributed by atoms with van der Waals surface area (Å²) in [6, 6.07) is -0.886.